The zero-order valence-electron chi connectivity index (χ0n) is 23.6. The first kappa shape index (κ1) is 31.0. The summed E-state index contributed by atoms with van der Waals surface area (Å²) in [4.78, 5) is 3.93. The molecule has 0 aromatic heterocycles. The summed E-state index contributed by atoms with van der Waals surface area (Å²) in [5.74, 6) is 0. The number of fused-ring (bicyclic) bond motifs is 1. The Balaban J connectivity index is 0.000000699. The third kappa shape index (κ3) is 7.69. The van der Waals surface area contributed by atoms with Gasteiger partial charge in [-0.05, 0) is 74.4 Å². The van der Waals surface area contributed by atoms with E-state index in [9.17, 15) is 26.3 Å². The molecule has 0 aliphatic carbocycles. The quantitative estimate of drug-likeness (QED) is 0.391. The van der Waals surface area contributed by atoms with Gasteiger partial charge >= 0.3 is 12.4 Å². The molecule has 3 aliphatic rings. The van der Waals surface area contributed by atoms with Crippen molar-refractivity contribution in [2.75, 3.05) is 38.8 Å². The fraction of sp³-hybridized carbons (Fsp3) is 0.571. The van der Waals surface area contributed by atoms with E-state index in [0.29, 0.717) is 6.42 Å². The first-order valence-corrected chi connectivity index (χ1v) is 13.6. The van der Waals surface area contributed by atoms with Crippen LogP contribution in [0.25, 0.3) is 0 Å². The maximum Gasteiger partial charge on any atom is 0.416 e. The molecule has 1 fully saturated rings. The summed E-state index contributed by atoms with van der Waals surface area (Å²) in [6.07, 6.45) is -6.62. The largest absolute Gasteiger partial charge is 0.416 e. The highest BCUT2D eigenvalue weighted by atomic mass is 19.4. The summed E-state index contributed by atoms with van der Waals surface area (Å²) < 4.78 is 86.1. The number of rotatable bonds is 4. The molecule has 41 heavy (non-hydrogen) atoms. The van der Waals surface area contributed by atoms with Crippen molar-refractivity contribution in [3.8, 4) is 0 Å². The van der Waals surface area contributed by atoms with Crippen LogP contribution < -0.4 is 10.3 Å². The molecule has 0 saturated carbocycles. The van der Waals surface area contributed by atoms with Gasteiger partial charge in [0.2, 0.25) is 0 Å². The number of benzene rings is 2. The number of hydrogen-bond donors (Lipinski definition) is 1. The van der Waals surface area contributed by atoms with Crippen LogP contribution in [0.15, 0.2) is 40.7 Å². The van der Waals surface area contributed by atoms with Gasteiger partial charge in [0, 0.05) is 52.1 Å². The normalized spacial score (nSPS) is 21.1. The van der Waals surface area contributed by atoms with E-state index in [4.69, 9.17) is 4.74 Å². The summed E-state index contributed by atoms with van der Waals surface area (Å²) >= 11 is 0. The molecule has 2 unspecified atom stereocenters. The van der Waals surface area contributed by atoms with Crippen LogP contribution in [-0.4, -0.2) is 50.2 Å². The molecule has 2 atom stereocenters. The first-order chi connectivity index (χ1) is 19.2. The Labute approximate surface area is 236 Å². The van der Waals surface area contributed by atoms with Crippen LogP contribution in [0.2, 0.25) is 0 Å². The lowest BCUT2D eigenvalue weighted by molar-refractivity contribution is -0.143. The Bertz CT molecular complexity index is 1190. The van der Waals surface area contributed by atoms with Crippen molar-refractivity contribution in [1.29, 1.82) is 0 Å². The summed E-state index contributed by atoms with van der Waals surface area (Å²) in [6.45, 7) is 6.53. The Morgan fingerprint density at radius 3 is 2.07 bits per heavy atom. The van der Waals surface area contributed by atoms with Gasteiger partial charge in [-0.1, -0.05) is 22.9 Å². The lowest BCUT2D eigenvalue weighted by Crippen LogP contribution is -2.46. The Morgan fingerprint density at radius 1 is 0.927 bits per heavy atom. The molecule has 5 rings (SSSR count). The van der Waals surface area contributed by atoms with Crippen LogP contribution in [0, 0.1) is 13.8 Å². The Morgan fingerprint density at radius 2 is 1.56 bits per heavy atom. The van der Waals surface area contributed by atoms with Gasteiger partial charge < -0.3 is 9.64 Å². The van der Waals surface area contributed by atoms with Crippen molar-refractivity contribution >= 4 is 5.69 Å². The van der Waals surface area contributed by atoms with Gasteiger partial charge in [-0.3, -0.25) is 4.90 Å². The van der Waals surface area contributed by atoms with Gasteiger partial charge in [0.15, 0.2) is 6.29 Å². The summed E-state index contributed by atoms with van der Waals surface area (Å²) in [7, 11) is 3.61. The van der Waals surface area contributed by atoms with Gasteiger partial charge in [0.05, 0.1) is 11.1 Å². The van der Waals surface area contributed by atoms with Crippen LogP contribution in [0.1, 0.15) is 65.1 Å². The summed E-state index contributed by atoms with van der Waals surface area (Å²) in [5, 5.41) is 9.53. The van der Waals surface area contributed by atoms with Crippen molar-refractivity contribution in [1.82, 2.24) is 15.4 Å². The summed E-state index contributed by atoms with van der Waals surface area (Å²) in [5.41, 5.74) is 4.29. The standard InChI is InChI=1S/C24H28F6N6.C4H8O/c1-14-8-15(2)21-19(9-14)20(6-5-7-34(21)3)36(22-31-33-35(4)32-22)13-16-10-17(23(25,26)27)12-18(11-16)24(28,29)30;1-2-4-5-3-1/h8-12,20,22,32H,5-7,13H2,1-4H3;1-4H2. The van der Waals surface area contributed by atoms with E-state index in [2.05, 4.69) is 26.7 Å². The molecule has 0 radical (unpaired) electrons. The zero-order valence-corrected chi connectivity index (χ0v) is 23.6. The smallest absolute Gasteiger partial charge is 0.381 e. The summed E-state index contributed by atoms with van der Waals surface area (Å²) in [6, 6.07) is 5.48. The van der Waals surface area contributed by atoms with Crippen LogP contribution >= 0.6 is 0 Å². The minimum absolute atomic E-state index is 0.104. The van der Waals surface area contributed by atoms with Gasteiger partial charge in [0.25, 0.3) is 0 Å². The molecule has 226 valence electrons. The molecule has 0 bridgehead atoms. The van der Waals surface area contributed by atoms with Crippen LogP contribution in [0.3, 0.4) is 0 Å². The SMILES string of the molecule is C1CCOC1.Cc1cc(C)c2c(c1)C(N(Cc1cc(C(F)(F)F)cc(C(F)(F)F)c1)C1N=NN(C)N1)CCCN2C. The maximum atomic E-state index is 13.5. The number of hydrogen-bond acceptors (Lipinski definition) is 7. The number of halogens is 6. The van der Waals surface area contributed by atoms with E-state index >= 15 is 0 Å². The van der Waals surface area contributed by atoms with Gasteiger partial charge in [-0.25, -0.2) is 5.12 Å². The highest BCUT2D eigenvalue weighted by Gasteiger charge is 2.39. The van der Waals surface area contributed by atoms with Crippen molar-refractivity contribution < 1.29 is 31.1 Å². The lowest BCUT2D eigenvalue weighted by atomic mass is 9.94. The topological polar surface area (TPSA) is 55.7 Å². The Kier molecular flexibility index (Phi) is 9.49. The molecule has 7 nitrogen and oxygen atoms in total. The number of ether oxygens (including phenoxy) is 1. The molecule has 3 aliphatic heterocycles. The van der Waals surface area contributed by atoms with E-state index in [0.717, 1.165) is 60.7 Å². The van der Waals surface area contributed by atoms with E-state index in [1.165, 1.54) is 18.0 Å². The van der Waals surface area contributed by atoms with Gasteiger partial charge in [0.1, 0.15) is 0 Å². The third-order valence-electron chi connectivity index (χ3n) is 7.34. The number of anilines is 1. The van der Waals surface area contributed by atoms with Crippen molar-refractivity contribution in [3.05, 3.63) is 63.7 Å². The van der Waals surface area contributed by atoms with Gasteiger partial charge in [-0.15, -0.1) is 5.11 Å². The molecule has 0 spiro atoms. The Hall–Kier alpha value is -2.90. The van der Waals surface area contributed by atoms with Gasteiger partial charge in [-0.2, -0.15) is 31.8 Å². The van der Waals surface area contributed by atoms with Crippen LogP contribution in [0.5, 0.6) is 0 Å². The minimum atomic E-state index is -4.92. The predicted molar refractivity (Wildman–Crippen MR) is 143 cm³/mol. The molecular formula is C28H36F6N6O. The van der Waals surface area contributed by atoms with Crippen molar-refractivity contribution in [2.45, 2.75) is 70.8 Å². The number of nitrogens with zero attached hydrogens (tertiary/aromatic N) is 5. The zero-order chi connectivity index (χ0) is 29.9. The first-order valence-electron chi connectivity index (χ1n) is 13.6. The molecule has 1 saturated heterocycles. The van der Waals surface area contributed by atoms with Crippen LogP contribution in [-0.2, 0) is 23.6 Å². The third-order valence-corrected chi connectivity index (χ3v) is 7.34. The van der Waals surface area contributed by atoms with Crippen molar-refractivity contribution in [2.24, 2.45) is 10.3 Å². The van der Waals surface area contributed by atoms with E-state index in [-0.39, 0.29) is 24.2 Å². The van der Waals surface area contributed by atoms with Crippen LogP contribution in [0.4, 0.5) is 32.0 Å². The molecule has 2 aromatic rings. The molecule has 13 heteroatoms. The molecular weight excluding hydrogens is 550 g/mol. The molecule has 1 N–H and O–H groups in total. The van der Waals surface area contributed by atoms with E-state index in [1.807, 2.05) is 27.0 Å². The fourth-order valence-corrected chi connectivity index (χ4v) is 5.59. The second-order valence-electron chi connectivity index (χ2n) is 10.7. The van der Waals surface area contributed by atoms with E-state index in [1.54, 1.807) is 11.9 Å². The lowest BCUT2D eigenvalue weighted by Gasteiger charge is -2.36. The molecule has 2 aromatic carbocycles. The second kappa shape index (κ2) is 12.5. The minimum Gasteiger partial charge on any atom is -0.381 e. The average Bonchev–Trinajstić information content (AvgIpc) is 3.56. The number of alkyl halides is 6. The molecule has 3 heterocycles. The maximum absolute atomic E-state index is 13.5. The number of nitrogens with one attached hydrogen (secondary N) is 1. The average molecular weight is 587 g/mol. The van der Waals surface area contributed by atoms with Crippen molar-refractivity contribution in [3.63, 3.8) is 0 Å². The monoisotopic (exact) mass is 586 g/mol. The highest BCUT2D eigenvalue weighted by molar-refractivity contribution is 5.62. The highest BCUT2D eigenvalue weighted by Crippen LogP contribution is 2.42. The number of hydrazine groups is 1. The predicted octanol–water partition coefficient (Wildman–Crippen LogP) is 7.01. The second-order valence-corrected chi connectivity index (χ2v) is 10.7. The van der Waals surface area contributed by atoms with E-state index < -0.39 is 29.8 Å². The number of aryl methyl sites for hydroxylation is 2. The fourth-order valence-electron chi connectivity index (χ4n) is 5.59. The molecule has 0 amide bonds.